The highest BCUT2D eigenvalue weighted by Crippen LogP contribution is 2.31. The molecule has 0 saturated carbocycles. The van der Waals surface area contributed by atoms with Crippen molar-refractivity contribution in [2.24, 2.45) is 0 Å². The number of aromatic nitrogens is 3. The van der Waals surface area contributed by atoms with Crippen molar-refractivity contribution in [1.29, 1.82) is 0 Å². The number of imidazole rings is 1. The second-order valence-electron chi connectivity index (χ2n) is 8.17. The van der Waals surface area contributed by atoms with Crippen LogP contribution in [-0.2, 0) is 6.42 Å². The molecule has 0 bridgehead atoms. The Morgan fingerprint density at radius 2 is 1.78 bits per heavy atom. The largest absolute Gasteiger partial charge is 0.369 e. The quantitative estimate of drug-likeness (QED) is 0.451. The Balaban J connectivity index is 1.30. The van der Waals surface area contributed by atoms with Gasteiger partial charge in [0.1, 0.15) is 0 Å². The lowest BCUT2D eigenvalue weighted by Crippen LogP contribution is -2.44. The topological polar surface area (TPSA) is 49.2 Å². The van der Waals surface area contributed by atoms with Gasteiger partial charge < -0.3 is 19.7 Å². The summed E-state index contributed by atoms with van der Waals surface area (Å²) in [5, 5.41) is 6.58. The molecule has 1 saturated heterocycles. The van der Waals surface area contributed by atoms with E-state index in [4.69, 9.17) is 4.98 Å². The first-order valence-electron chi connectivity index (χ1n) is 11.1. The Morgan fingerprint density at radius 3 is 2.50 bits per heavy atom. The van der Waals surface area contributed by atoms with Gasteiger partial charge in [0.05, 0.1) is 12.0 Å². The van der Waals surface area contributed by atoms with E-state index in [2.05, 4.69) is 81.9 Å². The molecule has 0 radical (unpaired) electrons. The Morgan fingerprint density at radius 1 is 1.00 bits per heavy atom. The third kappa shape index (κ3) is 4.40. The second kappa shape index (κ2) is 9.14. The van der Waals surface area contributed by atoms with Gasteiger partial charge in [0.25, 0.3) is 0 Å². The van der Waals surface area contributed by atoms with Gasteiger partial charge in [0.15, 0.2) is 5.13 Å². The first kappa shape index (κ1) is 20.7. The summed E-state index contributed by atoms with van der Waals surface area (Å²) < 4.78 is 2.00. The van der Waals surface area contributed by atoms with Crippen molar-refractivity contribution in [2.75, 3.05) is 43.4 Å². The van der Waals surface area contributed by atoms with E-state index in [9.17, 15) is 0 Å². The summed E-state index contributed by atoms with van der Waals surface area (Å²) in [6.07, 6.45) is 6.52. The maximum Gasteiger partial charge on any atom is 0.187 e. The molecule has 0 unspecified atom stereocenters. The minimum atomic E-state index is 0.917. The van der Waals surface area contributed by atoms with Crippen LogP contribution in [0.25, 0.3) is 16.9 Å². The molecule has 6 nitrogen and oxygen atoms in total. The fourth-order valence-corrected chi connectivity index (χ4v) is 4.78. The number of piperazine rings is 1. The van der Waals surface area contributed by atoms with Crippen LogP contribution in [0.5, 0.6) is 0 Å². The van der Waals surface area contributed by atoms with Gasteiger partial charge in [0, 0.05) is 66.6 Å². The van der Waals surface area contributed by atoms with Gasteiger partial charge in [-0.2, -0.15) is 0 Å². The molecule has 0 aliphatic carbocycles. The Bertz CT molecular complexity index is 1160. The van der Waals surface area contributed by atoms with E-state index in [1.807, 2.05) is 10.8 Å². The molecule has 1 aliphatic heterocycles. The smallest absolute Gasteiger partial charge is 0.187 e. The van der Waals surface area contributed by atoms with Crippen LogP contribution in [0.4, 0.5) is 16.5 Å². The highest BCUT2D eigenvalue weighted by molar-refractivity contribution is 7.14. The van der Waals surface area contributed by atoms with Crippen molar-refractivity contribution in [1.82, 2.24) is 19.4 Å². The number of thiazole rings is 1. The number of aryl methyl sites for hydroxylation is 1. The predicted molar refractivity (Wildman–Crippen MR) is 133 cm³/mol. The zero-order chi connectivity index (χ0) is 21.9. The number of anilines is 3. The lowest BCUT2D eigenvalue weighted by molar-refractivity contribution is 0.313. The van der Waals surface area contributed by atoms with Gasteiger partial charge in [-0.05, 0) is 49.4 Å². The fraction of sp³-hybridized carbons (Fsp3) is 0.280. The van der Waals surface area contributed by atoms with Gasteiger partial charge in [-0.25, -0.2) is 9.97 Å². The van der Waals surface area contributed by atoms with Crippen molar-refractivity contribution in [3.8, 4) is 16.9 Å². The number of benzene rings is 2. The van der Waals surface area contributed by atoms with E-state index >= 15 is 0 Å². The van der Waals surface area contributed by atoms with Crippen LogP contribution in [0.3, 0.4) is 0 Å². The molecule has 2 aromatic carbocycles. The number of rotatable bonds is 6. The van der Waals surface area contributed by atoms with E-state index in [1.54, 1.807) is 23.9 Å². The van der Waals surface area contributed by atoms with Crippen molar-refractivity contribution in [2.45, 2.75) is 13.3 Å². The van der Waals surface area contributed by atoms with Crippen LogP contribution in [0.1, 0.15) is 12.5 Å². The maximum absolute atomic E-state index is 4.84. The van der Waals surface area contributed by atoms with E-state index in [1.165, 1.54) is 11.3 Å². The molecule has 1 aliphatic rings. The third-order valence-electron chi connectivity index (χ3n) is 6.05. The van der Waals surface area contributed by atoms with E-state index in [-0.39, 0.29) is 0 Å². The molecular weight excluding hydrogens is 416 g/mol. The van der Waals surface area contributed by atoms with Gasteiger partial charge in [-0.15, -0.1) is 11.3 Å². The zero-order valence-electron chi connectivity index (χ0n) is 18.5. The first-order chi connectivity index (χ1) is 15.7. The van der Waals surface area contributed by atoms with Gasteiger partial charge >= 0.3 is 0 Å². The maximum atomic E-state index is 4.84. The Labute approximate surface area is 193 Å². The SMILES string of the molecule is CCc1cc(N2CCN(C)CC2)ccc1Nc1nc(-c2ccc(-n3ccnc3)cc2)cs1. The molecule has 2 aromatic heterocycles. The van der Waals surface area contributed by atoms with Gasteiger partial charge in [0.2, 0.25) is 0 Å². The van der Waals surface area contributed by atoms with Crippen LogP contribution >= 0.6 is 11.3 Å². The standard InChI is InChI=1S/C25H28N6S/c1-3-19-16-22(30-14-12-29(2)13-15-30)8-9-23(19)27-25-28-24(17-32-25)20-4-6-21(7-5-20)31-11-10-26-18-31/h4-11,16-18H,3,12-15H2,1-2H3,(H,27,28). The van der Waals surface area contributed by atoms with E-state index < -0.39 is 0 Å². The highest BCUT2D eigenvalue weighted by atomic mass is 32.1. The minimum absolute atomic E-state index is 0.917. The van der Waals surface area contributed by atoms with Crippen LogP contribution < -0.4 is 10.2 Å². The summed E-state index contributed by atoms with van der Waals surface area (Å²) >= 11 is 1.64. The van der Waals surface area contributed by atoms with E-state index in [0.29, 0.717) is 0 Å². The van der Waals surface area contributed by atoms with Crippen molar-refractivity contribution >= 4 is 27.8 Å². The summed E-state index contributed by atoms with van der Waals surface area (Å²) in [6.45, 7) is 6.62. The summed E-state index contributed by atoms with van der Waals surface area (Å²) in [5.74, 6) is 0. The average molecular weight is 445 g/mol. The number of nitrogens with one attached hydrogen (secondary N) is 1. The Hall–Kier alpha value is -3.16. The van der Waals surface area contributed by atoms with Crippen molar-refractivity contribution in [3.05, 3.63) is 72.1 Å². The number of hydrogen-bond acceptors (Lipinski definition) is 6. The van der Waals surface area contributed by atoms with Crippen molar-refractivity contribution < 1.29 is 0 Å². The molecule has 4 aromatic rings. The molecule has 3 heterocycles. The van der Waals surface area contributed by atoms with Crippen LogP contribution in [0, 0.1) is 0 Å². The summed E-state index contributed by atoms with van der Waals surface area (Å²) in [5.41, 5.74) is 6.97. The highest BCUT2D eigenvalue weighted by Gasteiger charge is 2.16. The summed E-state index contributed by atoms with van der Waals surface area (Å²) in [6, 6.07) is 15.2. The summed E-state index contributed by atoms with van der Waals surface area (Å²) in [7, 11) is 2.19. The van der Waals surface area contributed by atoms with Gasteiger partial charge in [-0.1, -0.05) is 19.1 Å². The first-order valence-corrected chi connectivity index (χ1v) is 12.0. The molecule has 0 amide bonds. The fourth-order valence-electron chi connectivity index (χ4n) is 4.05. The Kier molecular flexibility index (Phi) is 5.92. The molecule has 7 heteroatoms. The van der Waals surface area contributed by atoms with Crippen molar-refractivity contribution in [3.63, 3.8) is 0 Å². The number of nitrogens with zero attached hydrogens (tertiary/aromatic N) is 5. The van der Waals surface area contributed by atoms with Crippen LogP contribution in [-0.4, -0.2) is 52.7 Å². The minimum Gasteiger partial charge on any atom is -0.369 e. The molecule has 0 spiro atoms. The van der Waals surface area contributed by atoms with E-state index in [0.717, 1.165) is 60.4 Å². The normalized spacial score (nSPS) is 14.6. The second-order valence-corrected chi connectivity index (χ2v) is 9.02. The average Bonchev–Trinajstić information content (AvgIpc) is 3.53. The number of likely N-dealkylation sites (N-methyl/N-ethyl adjacent to an activating group) is 1. The predicted octanol–water partition coefficient (Wildman–Crippen LogP) is 5.05. The lowest BCUT2D eigenvalue weighted by atomic mass is 10.1. The third-order valence-corrected chi connectivity index (χ3v) is 6.81. The number of hydrogen-bond donors (Lipinski definition) is 1. The monoisotopic (exact) mass is 444 g/mol. The summed E-state index contributed by atoms with van der Waals surface area (Å²) in [4.78, 5) is 13.8. The van der Waals surface area contributed by atoms with Crippen LogP contribution in [0.15, 0.2) is 66.6 Å². The van der Waals surface area contributed by atoms with Gasteiger partial charge in [-0.3, -0.25) is 0 Å². The zero-order valence-corrected chi connectivity index (χ0v) is 19.3. The molecule has 5 rings (SSSR count). The molecule has 0 atom stereocenters. The molecule has 164 valence electrons. The molecule has 32 heavy (non-hydrogen) atoms. The lowest BCUT2D eigenvalue weighted by Gasteiger charge is -2.34. The molecule has 1 N–H and O–H groups in total. The molecule has 1 fully saturated rings. The molecular formula is C25H28N6S. The van der Waals surface area contributed by atoms with Crippen LogP contribution in [0.2, 0.25) is 0 Å².